The van der Waals surface area contributed by atoms with E-state index in [2.05, 4.69) is 19.2 Å². The van der Waals surface area contributed by atoms with Gasteiger partial charge in [-0.15, -0.1) is 0 Å². The van der Waals surface area contributed by atoms with E-state index in [1.165, 1.54) is 25.7 Å². The molecule has 0 aromatic carbocycles. The molecule has 2 rings (SSSR count). The zero-order chi connectivity index (χ0) is 9.26. The molecule has 0 aromatic rings. The molecular formula is C12H23N. The molecule has 13 heavy (non-hydrogen) atoms. The number of hydrogen-bond donors (Lipinski definition) is 1. The maximum atomic E-state index is 3.66. The van der Waals surface area contributed by atoms with Gasteiger partial charge < -0.3 is 5.32 Å². The Hall–Kier alpha value is -0.0400. The first-order valence-corrected chi connectivity index (χ1v) is 6.08. The minimum absolute atomic E-state index is 0.820. The molecule has 0 aromatic heterocycles. The number of hydrogen-bond acceptors (Lipinski definition) is 1. The maximum Gasteiger partial charge on any atom is 0.00953 e. The van der Waals surface area contributed by atoms with E-state index in [-0.39, 0.29) is 0 Å². The third kappa shape index (κ3) is 1.76. The third-order valence-electron chi connectivity index (χ3n) is 4.22. The van der Waals surface area contributed by atoms with Gasteiger partial charge in [0, 0.05) is 6.04 Å². The molecule has 76 valence electrons. The summed E-state index contributed by atoms with van der Waals surface area (Å²) in [6, 6.07) is 0.820. The molecule has 2 saturated carbocycles. The fourth-order valence-corrected chi connectivity index (χ4v) is 3.65. The highest BCUT2D eigenvalue weighted by Crippen LogP contribution is 2.49. The van der Waals surface area contributed by atoms with Gasteiger partial charge in [0.2, 0.25) is 0 Å². The highest BCUT2D eigenvalue weighted by molar-refractivity contribution is 4.94. The lowest BCUT2D eigenvalue weighted by Crippen LogP contribution is -2.38. The van der Waals surface area contributed by atoms with Crippen molar-refractivity contribution < 1.29 is 0 Å². The highest BCUT2D eigenvalue weighted by atomic mass is 14.9. The first-order valence-electron chi connectivity index (χ1n) is 6.08. The summed E-state index contributed by atoms with van der Waals surface area (Å²) in [5.41, 5.74) is 0. The summed E-state index contributed by atoms with van der Waals surface area (Å²) in [5, 5.41) is 3.66. The van der Waals surface area contributed by atoms with Crippen molar-refractivity contribution in [2.24, 2.45) is 17.8 Å². The topological polar surface area (TPSA) is 12.0 Å². The zero-order valence-corrected chi connectivity index (χ0v) is 9.05. The fraction of sp³-hybridized carbons (Fsp3) is 1.00. The minimum Gasteiger partial charge on any atom is -0.314 e. The Bertz CT molecular complexity index is 167. The molecule has 0 spiro atoms. The molecule has 4 atom stereocenters. The molecule has 2 bridgehead atoms. The van der Waals surface area contributed by atoms with Crippen LogP contribution in [0, 0.1) is 17.8 Å². The first-order chi connectivity index (χ1) is 6.35. The second-order valence-electron chi connectivity index (χ2n) is 4.91. The van der Waals surface area contributed by atoms with Gasteiger partial charge in [0.15, 0.2) is 0 Å². The van der Waals surface area contributed by atoms with Crippen LogP contribution in [0.15, 0.2) is 0 Å². The van der Waals surface area contributed by atoms with Crippen LogP contribution in [0.3, 0.4) is 0 Å². The van der Waals surface area contributed by atoms with Gasteiger partial charge >= 0.3 is 0 Å². The second-order valence-corrected chi connectivity index (χ2v) is 4.91. The standard InChI is InChI=1S/C12H23N/c1-3-12(13-4-2)11-8-9-5-6-10(11)7-9/h9-13H,3-8H2,1-2H3. The quantitative estimate of drug-likeness (QED) is 0.703. The van der Waals surface area contributed by atoms with Crippen molar-refractivity contribution in [1.82, 2.24) is 5.32 Å². The smallest absolute Gasteiger partial charge is 0.00953 e. The predicted octanol–water partition coefficient (Wildman–Crippen LogP) is 2.81. The molecule has 1 heteroatoms. The van der Waals surface area contributed by atoms with Gasteiger partial charge in [0.1, 0.15) is 0 Å². The summed E-state index contributed by atoms with van der Waals surface area (Å²) >= 11 is 0. The molecule has 2 aliphatic carbocycles. The fourth-order valence-electron chi connectivity index (χ4n) is 3.65. The van der Waals surface area contributed by atoms with Crippen LogP contribution in [0.5, 0.6) is 0 Å². The molecule has 1 nitrogen and oxygen atoms in total. The van der Waals surface area contributed by atoms with Crippen LogP contribution in [0.1, 0.15) is 46.0 Å². The SMILES string of the molecule is CCNC(CC)C1CC2CCC1C2. The summed E-state index contributed by atoms with van der Waals surface area (Å²) in [6.45, 7) is 5.71. The van der Waals surface area contributed by atoms with E-state index in [0.29, 0.717) is 0 Å². The Morgan fingerprint density at radius 2 is 2.08 bits per heavy atom. The molecule has 0 radical (unpaired) electrons. The van der Waals surface area contributed by atoms with Crippen LogP contribution in [-0.4, -0.2) is 12.6 Å². The Kier molecular flexibility index (Phi) is 2.92. The summed E-state index contributed by atoms with van der Waals surface area (Å²) in [5.74, 6) is 3.19. The minimum atomic E-state index is 0.820. The molecule has 2 fully saturated rings. The van der Waals surface area contributed by atoms with Gasteiger partial charge in [-0.1, -0.05) is 20.3 Å². The van der Waals surface area contributed by atoms with Crippen LogP contribution in [0.2, 0.25) is 0 Å². The van der Waals surface area contributed by atoms with Crippen molar-refractivity contribution in [3.63, 3.8) is 0 Å². The van der Waals surface area contributed by atoms with E-state index in [0.717, 1.165) is 30.3 Å². The number of fused-ring (bicyclic) bond motifs is 2. The summed E-state index contributed by atoms with van der Waals surface area (Å²) in [7, 11) is 0. The van der Waals surface area contributed by atoms with Crippen molar-refractivity contribution in [2.45, 2.75) is 52.0 Å². The lowest BCUT2D eigenvalue weighted by molar-refractivity contribution is 0.245. The van der Waals surface area contributed by atoms with E-state index in [9.17, 15) is 0 Å². The molecule has 1 N–H and O–H groups in total. The second kappa shape index (κ2) is 4.00. The highest BCUT2D eigenvalue weighted by Gasteiger charge is 2.42. The van der Waals surface area contributed by atoms with Crippen molar-refractivity contribution in [3.8, 4) is 0 Å². The van der Waals surface area contributed by atoms with Crippen LogP contribution in [0.4, 0.5) is 0 Å². The molecule has 0 aliphatic heterocycles. The maximum absolute atomic E-state index is 3.66. The molecule has 0 saturated heterocycles. The average Bonchev–Trinajstić information content (AvgIpc) is 2.74. The average molecular weight is 181 g/mol. The van der Waals surface area contributed by atoms with E-state index in [1.807, 2.05) is 0 Å². The zero-order valence-electron chi connectivity index (χ0n) is 9.05. The molecular weight excluding hydrogens is 158 g/mol. The lowest BCUT2D eigenvalue weighted by atomic mass is 9.82. The van der Waals surface area contributed by atoms with Gasteiger partial charge in [0.25, 0.3) is 0 Å². The van der Waals surface area contributed by atoms with E-state index in [4.69, 9.17) is 0 Å². The number of rotatable bonds is 4. The summed E-state index contributed by atoms with van der Waals surface area (Å²) in [6.07, 6.45) is 7.45. The van der Waals surface area contributed by atoms with Gasteiger partial charge in [-0.3, -0.25) is 0 Å². The first kappa shape index (κ1) is 9.51. The lowest BCUT2D eigenvalue weighted by Gasteiger charge is -2.30. The predicted molar refractivity (Wildman–Crippen MR) is 56.7 cm³/mol. The van der Waals surface area contributed by atoms with E-state index >= 15 is 0 Å². The Labute approximate surface area is 82.3 Å². The number of nitrogens with one attached hydrogen (secondary N) is 1. The molecule has 4 unspecified atom stereocenters. The van der Waals surface area contributed by atoms with Crippen LogP contribution in [0.25, 0.3) is 0 Å². The van der Waals surface area contributed by atoms with Crippen molar-refractivity contribution in [1.29, 1.82) is 0 Å². The van der Waals surface area contributed by atoms with Crippen LogP contribution >= 0.6 is 0 Å². The van der Waals surface area contributed by atoms with Gasteiger partial charge in [-0.2, -0.15) is 0 Å². The van der Waals surface area contributed by atoms with Crippen LogP contribution < -0.4 is 5.32 Å². The van der Waals surface area contributed by atoms with Gasteiger partial charge in [-0.05, 0) is 50.0 Å². The van der Waals surface area contributed by atoms with Gasteiger partial charge in [-0.25, -0.2) is 0 Å². The van der Waals surface area contributed by atoms with E-state index in [1.54, 1.807) is 6.42 Å². The van der Waals surface area contributed by atoms with Gasteiger partial charge in [0.05, 0.1) is 0 Å². The van der Waals surface area contributed by atoms with Crippen molar-refractivity contribution in [3.05, 3.63) is 0 Å². The third-order valence-corrected chi connectivity index (χ3v) is 4.22. The van der Waals surface area contributed by atoms with Crippen molar-refractivity contribution in [2.75, 3.05) is 6.54 Å². The summed E-state index contributed by atoms with van der Waals surface area (Å²) in [4.78, 5) is 0. The van der Waals surface area contributed by atoms with Crippen molar-refractivity contribution >= 4 is 0 Å². The Morgan fingerprint density at radius 1 is 1.23 bits per heavy atom. The Morgan fingerprint density at radius 3 is 2.54 bits per heavy atom. The molecule has 0 heterocycles. The monoisotopic (exact) mass is 181 g/mol. The molecule has 0 amide bonds. The van der Waals surface area contributed by atoms with Crippen LogP contribution in [-0.2, 0) is 0 Å². The normalized spacial score (nSPS) is 39.7. The molecule has 2 aliphatic rings. The summed E-state index contributed by atoms with van der Waals surface area (Å²) < 4.78 is 0. The largest absolute Gasteiger partial charge is 0.314 e. The Balaban J connectivity index is 1.92. The van der Waals surface area contributed by atoms with E-state index < -0.39 is 0 Å².